The van der Waals surface area contributed by atoms with Gasteiger partial charge in [0, 0.05) is 18.0 Å². The topological polar surface area (TPSA) is 47.9 Å². The fourth-order valence-electron chi connectivity index (χ4n) is 4.02. The molecular weight excluding hydrogens is 372 g/mol. The van der Waals surface area contributed by atoms with E-state index in [4.69, 9.17) is 4.74 Å². The van der Waals surface area contributed by atoms with E-state index in [1.54, 1.807) is 12.3 Å². The third kappa shape index (κ3) is 3.84. The number of nitrogens with zero attached hydrogens (tertiary/aromatic N) is 3. The summed E-state index contributed by atoms with van der Waals surface area (Å²) in [7, 11) is 0. The lowest BCUT2D eigenvalue weighted by Gasteiger charge is -2.32. The van der Waals surface area contributed by atoms with Crippen LogP contribution < -0.4 is 4.74 Å². The lowest BCUT2D eigenvalue weighted by atomic mass is 9.77. The van der Waals surface area contributed by atoms with Crippen molar-refractivity contribution in [2.24, 2.45) is 5.92 Å². The maximum Gasteiger partial charge on any atom is 0.143 e. The average Bonchev–Trinajstić information content (AvgIpc) is 2.67. The zero-order chi connectivity index (χ0) is 20.5. The van der Waals surface area contributed by atoms with Crippen LogP contribution in [0.3, 0.4) is 0 Å². The van der Waals surface area contributed by atoms with Crippen LogP contribution in [0.5, 0.6) is 5.75 Å². The Kier molecular flexibility index (Phi) is 5.26. The molecule has 4 rings (SSSR count). The van der Waals surface area contributed by atoms with Gasteiger partial charge in [-0.25, -0.2) is 8.78 Å². The van der Waals surface area contributed by atoms with E-state index >= 15 is 0 Å². The Morgan fingerprint density at radius 1 is 1.03 bits per heavy atom. The van der Waals surface area contributed by atoms with Crippen molar-refractivity contribution in [1.29, 1.82) is 0 Å². The molecule has 1 aromatic carbocycles. The summed E-state index contributed by atoms with van der Waals surface area (Å²) in [5.41, 5.74) is 2.64. The highest BCUT2D eigenvalue weighted by Crippen LogP contribution is 2.43. The molecule has 2 atom stereocenters. The van der Waals surface area contributed by atoms with Gasteiger partial charge in [0.25, 0.3) is 0 Å². The fourth-order valence-corrected chi connectivity index (χ4v) is 4.02. The van der Waals surface area contributed by atoms with Gasteiger partial charge in [-0.05, 0) is 61.4 Å². The molecule has 0 amide bonds. The quantitative estimate of drug-likeness (QED) is 0.562. The summed E-state index contributed by atoms with van der Waals surface area (Å²) in [4.78, 5) is 4.20. The Balaban J connectivity index is 1.76. The molecule has 0 radical (unpaired) electrons. The highest BCUT2D eigenvalue weighted by atomic mass is 19.1. The van der Waals surface area contributed by atoms with Crippen molar-refractivity contribution in [2.45, 2.75) is 45.6 Å². The molecule has 0 fully saturated rings. The Labute approximate surface area is 169 Å². The molecule has 0 spiro atoms. The van der Waals surface area contributed by atoms with Crippen LogP contribution in [0.2, 0.25) is 0 Å². The number of fused-ring (bicyclic) bond motifs is 1. The van der Waals surface area contributed by atoms with E-state index in [9.17, 15) is 8.78 Å². The van der Waals surface area contributed by atoms with Crippen LogP contribution in [-0.2, 0) is 0 Å². The number of pyridine rings is 1. The second-order valence-electron chi connectivity index (χ2n) is 7.83. The molecule has 3 aromatic rings. The van der Waals surface area contributed by atoms with Crippen molar-refractivity contribution >= 4 is 0 Å². The minimum atomic E-state index is -0.642. The molecule has 2 aromatic heterocycles. The third-order valence-corrected chi connectivity index (χ3v) is 5.47. The first-order chi connectivity index (χ1) is 13.9. The van der Waals surface area contributed by atoms with E-state index < -0.39 is 11.6 Å². The summed E-state index contributed by atoms with van der Waals surface area (Å²) < 4.78 is 34.8. The molecule has 2 unspecified atom stereocenters. The van der Waals surface area contributed by atoms with Crippen molar-refractivity contribution in [3.63, 3.8) is 0 Å². The maximum atomic E-state index is 14.3. The first-order valence-electron chi connectivity index (χ1n) is 9.85. The van der Waals surface area contributed by atoms with Crippen molar-refractivity contribution in [1.82, 2.24) is 15.2 Å². The highest BCUT2D eigenvalue weighted by molar-refractivity contribution is 5.61. The molecule has 1 aliphatic rings. The summed E-state index contributed by atoms with van der Waals surface area (Å²) in [6.45, 7) is 6.20. The van der Waals surface area contributed by atoms with Crippen LogP contribution in [-0.4, -0.2) is 15.2 Å². The minimum Gasteiger partial charge on any atom is -0.484 e. The van der Waals surface area contributed by atoms with Gasteiger partial charge in [0.15, 0.2) is 0 Å². The summed E-state index contributed by atoms with van der Waals surface area (Å²) in [6.07, 6.45) is 3.17. The Hall–Kier alpha value is -2.89. The number of hydrogen-bond acceptors (Lipinski definition) is 4. The number of hydrogen-bond donors (Lipinski definition) is 0. The molecule has 0 N–H and O–H groups in total. The predicted octanol–water partition coefficient (Wildman–Crippen LogP) is 5.78. The molecule has 0 saturated carbocycles. The van der Waals surface area contributed by atoms with E-state index in [0.717, 1.165) is 35.5 Å². The molecule has 0 aliphatic heterocycles. The summed E-state index contributed by atoms with van der Waals surface area (Å²) >= 11 is 0. The summed E-state index contributed by atoms with van der Waals surface area (Å²) in [5.74, 6) is 0.0309. The molecule has 0 saturated heterocycles. The fraction of sp³-hybridized carbons (Fsp3) is 0.348. The number of aryl methyl sites for hydroxylation is 1. The first kappa shape index (κ1) is 19.4. The maximum absolute atomic E-state index is 14.3. The standard InChI is InChI=1S/C23H23F2N3O/c1-13(2)16-7-8-21(29-15-9-10-26-14(3)11-15)23-17(16)12-20(27-28-23)22-18(24)5-4-6-19(22)25/h4-6,9-13,16,21H,7-8H2,1-3H3. The number of halogens is 2. The van der Waals surface area contributed by atoms with E-state index in [1.807, 2.05) is 19.1 Å². The molecule has 6 heteroatoms. The van der Waals surface area contributed by atoms with Gasteiger partial charge in [-0.2, -0.15) is 5.10 Å². The van der Waals surface area contributed by atoms with Crippen molar-refractivity contribution < 1.29 is 13.5 Å². The van der Waals surface area contributed by atoms with E-state index in [2.05, 4.69) is 29.0 Å². The molecule has 29 heavy (non-hydrogen) atoms. The van der Waals surface area contributed by atoms with E-state index in [0.29, 0.717) is 5.92 Å². The lowest BCUT2D eigenvalue weighted by molar-refractivity contribution is 0.164. The van der Waals surface area contributed by atoms with Gasteiger partial charge in [-0.1, -0.05) is 19.9 Å². The second-order valence-corrected chi connectivity index (χ2v) is 7.83. The zero-order valence-corrected chi connectivity index (χ0v) is 16.7. The molecule has 150 valence electrons. The predicted molar refractivity (Wildman–Crippen MR) is 107 cm³/mol. The number of benzene rings is 1. The summed E-state index contributed by atoms with van der Waals surface area (Å²) in [6, 6.07) is 9.29. The number of aromatic nitrogens is 3. The van der Waals surface area contributed by atoms with Gasteiger partial charge >= 0.3 is 0 Å². The Morgan fingerprint density at radius 3 is 2.48 bits per heavy atom. The van der Waals surface area contributed by atoms with Gasteiger partial charge in [0.1, 0.15) is 29.2 Å². The molecule has 1 aliphatic carbocycles. The van der Waals surface area contributed by atoms with Gasteiger partial charge in [-0.15, -0.1) is 5.10 Å². The van der Waals surface area contributed by atoms with Crippen LogP contribution in [0.15, 0.2) is 42.6 Å². The average molecular weight is 395 g/mol. The zero-order valence-electron chi connectivity index (χ0n) is 16.7. The highest BCUT2D eigenvalue weighted by Gasteiger charge is 2.33. The number of rotatable bonds is 4. The van der Waals surface area contributed by atoms with Gasteiger partial charge in [0.2, 0.25) is 0 Å². The van der Waals surface area contributed by atoms with Gasteiger partial charge in [-0.3, -0.25) is 4.98 Å². The summed E-state index contributed by atoms with van der Waals surface area (Å²) in [5, 5.41) is 8.55. The largest absolute Gasteiger partial charge is 0.484 e. The molecular formula is C23H23F2N3O. The van der Waals surface area contributed by atoms with Crippen LogP contribution in [0.1, 0.15) is 55.7 Å². The third-order valence-electron chi connectivity index (χ3n) is 5.47. The number of ether oxygens (including phenoxy) is 1. The van der Waals surface area contributed by atoms with E-state index in [1.165, 1.54) is 18.2 Å². The second kappa shape index (κ2) is 7.85. The van der Waals surface area contributed by atoms with Crippen molar-refractivity contribution in [3.05, 3.63) is 71.2 Å². The normalized spacial score (nSPS) is 18.6. The van der Waals surface area contributed by atoms with Crippen LogP contribution in [0, 0.1) is 24.5 Å². The van der Waals surface area contributed by atoms with Crippen LogP contribution >= 0.6 is 0 Å². The molecule has 4 nitrogen and oxygen atoms in total. The molecule has 2 heterocycles. The SMILES string of the molecule is Cc1cc(OC2CCC(C(C)C)c3cc(-c4c(F)cccc4F)nnc32)ccn1. The van der Waals surface area contributed by atoms with Crippen LogP contribution in [0.4, 0.5) is 8.78 Å². The first-order valence-corrected chi connectivity index (χ1v) is 9.85. The van der Waals surface area contributed by atoms with Crippen molar-refractivity contribution in [2.75, 3.05) is 0 Å². The lowest BCUT2D eigenvalue weighted by Crippen LogP contribution is -2.23. The molecule has 0 bridgehead atoms. The van der Waals surface area contributed by atoms with E-state index in [-0.39, 0.29) is 23.3 Å². The minimum absolute atomic E-state index is 0.141. The Bertz CT molecular complexity index is 1020. The van der Waals surface area contributed by atoms with Crippen LogP contribution in [0.25, 0.3) is 11.3 Å². The smallest absolute Gasteiger partial charge is 0.143 e. The van der Waals surface area contributed by atoms with Crippen molar-refractivity contribution in [3.8, 4) is 17.0 Å². The van der Waals surface area contributed by atoms with Gasteiger partial charge in [0.05, 0.1) is 11.3 Å². The Morgan fingerprint density at radius 2 is 1.79 bits per heavy atom. The van der Waals surface area contributed by atoms with Gasteiger partial charge < -0.3 is 4.74 Å². The monoisotopic (exact) mass is 395 g/mol.